The van der Waals surface area contributed by atoms with E-state index in [4.69, 9.17) is 23.2 Å². The molecule has 2 aromatic carbocycles. The van der Waals surface area contributed by atoms with Crippen molar-refractivity contribution in [2.24, 2.45) is 0 Å². The zero-order valence-corrected chi connectivity index (χ0v) is 23.5. The van der Waals surface area contributed by atoms with Crippen molar-refractivity contribution in [2.45, 2.75) is 49.7 Å². The molecule has 222 valence electrons. The second-order valence-corrected chi connectivity index (χ2v) is 11.1. The van der Waals surface area contributed by atoms with Crippen LogP contribution in [0.15, 0.2) is 54.7 Å². The number of alkyl halides is 2. The minimum Gasteiger partial charge on any atom is -0.351 e. The fourth-order valence-electron chi connectivity index (χ4n) is 5.23. The molecular formula is C29H21Cl2F4N5O3. The number of aromatic nitrogens is 1. The maximum absolute atomic E-state index is 14.6. The number of benzene rings is 2. The third kappa shape index (κ3) is 6.28. The normalized spacial score (nSPS) is 18.5. The molecule has 0 radical (unpaired) electrons. The predicted octanol–water partition coefficient (Wildman–Crippen LogP) is 5.72. The van der Waals surface area contributed by atoms with E-state index in [1.807, 2.05) is 6.07 Å². The number of hydrogen-bond donors (Lipinski definition) is 1. The third-order valence-electron chi connectivity index (χ3n) is 7.18. The van der Waals surface area contributed by atoms with Gasteiger partial charge in [0.1, 0.15) is 29.5 Å². The Morgan fingerprint density at radius 1 is 1.09 bits per heavy atom. The largest absolute Gasteiger partial charge is 0.351 e. The zero-order chi connectivity index (χ0) is 31.1. The van der Waals surface area contributed by atoms with E-state index in [-0.39, 0.29) is 39.8 Å². The number of amides is 3. The summed E-state index contributed by atoms with van der Waals surface area (Å²) in [4.78, 5) is 47.3. The van der Waals surface area contributed by atoms with E-state index in [1.165, 1.54) is 36.5 Å². The van der Waals surface area contributed by atoms with Gasteiger partial charge in [-0.2, -0.15) is 5.26 Å². The van der Waals surface area contributed by atoms with Gasteiger partial charge in [-0.3, -0.25) is 24.2 Å². The Kier molecular flexibility index (Phi) is 8.31. The number of carbonyl (C=O) groups excluding carboxylic acids is 3. The van der Waals surface area contributed by atoms with Crippen LogP contribution in [0.5, 0.6) is 0 Å². The lowest BCUT2D eigenvalue weighted by molar-refractivity contribution is -0.133. The standard InChI is InChI=1S/C29H21Cl2F4N5O3/c30-16-1-2-22(31)21(8-16)26(27(42)38-19-12-29(34,35)13-19)39(20-10-17(32)9-18(33)11-20)28(43)23-3-4-25(41)40(23)24-7-15(14-36)5-6-37-24/h1-2,5-11,19,23,26H,3-4,12-13H2,(H,38,42). The quantitative estimate of drug-likeness (QED) is 0.335. The molecule has 1 aliphatic carbocycles. The van der Waals surface area contributed by atoms with Crippen LogP contribution in [0.1, 0.15) is 42.9 Å². The zero-order valence-electron chi connectivity index (χ0n) is 22.0. The first-order valence-corrected chi connectivity index (χ1v) is 13.7. The van der Waals surface area contributed by atoms with Crippen molar-refractivity contribution < 1.29 is 31.9 Å². The van der Waals surface area contributed by atoms with E-state index in [2.05, 4.69) is 10.3 Å². The van der Waals surface area contributed by atoms with Gasteiger partial charge in [0.25, 0.3) is 11.8 Å². The molecule has 1 aliphatic heterocycles. The average molecular weight is 634 g/mol. The Hall–Kier alpha value is -4.21. The predicted molar refractivity (Wildman–Crippen MR) is 149 cm³/mol. The van der Waals surface area contributed by atoms with Gasteiger partial charge in [-0.1, -0.05) is 23.2 Å². The molecule has 0 bridgehead atoms. The summed E-state index contributed by atoms with van der Waals surface area (Å²) < 4.78 is 56.4. The van der Waals surface area contributed by atoms with Crippen LogP contribution < -0.4 is 15.1 Å². The van der Waals surface area contributed by atoms with Crippen molar-refractivity contribution in [2.75, 3.05) is 9.80 Å². The fourth-order valence-corrected chi connectivity index (χ4v) is 5.63. The molecular weight excluding hydrogens is 613 g/mol. The first-order chi connectivity index (χ1) is 20.4. The minimum atomic E-state index is -2.99. The van der Waals surface area contributed by atoms with Crippen LogP contribution in [-0.2, 0) is 14.4 Å². The van der Waals surface area contributed by atoms with Crippen LogP contribution in [0.4, 0.5) is 29.1 Å². The van der Waals surface area contributed by atoms with E-state index in [0.717, 1.165) is 21.9 Å². The Morgan fingerprint density at radius 3 is 2.44 bits per heavy atom. The summed E-state index contributed by atoms with van der Waals surface area (Å²) in [5, 5.41) is 11.9. The number of nitriles is 1. The van der Waals surface area contributed by atoms with Crippen LogP contribution >= 0.6 is 23.2 Å². The number of anilines is 2. The summed E-state index contributed by atoms with van der Waals surface area (Å²) in [6, 6.07) is 6.78. The van der Waals surface area contributed by atoms with Gasteiger partial charge < -0.3 is 5.32 Å². The third-order valence-corrected chi connectivity index (χ3v) is 7.76. The van der Waals surface area contributed by atoms with Gasteiger partial charge in [0.15, 0.2) is 0 Å². The molecule has 1 saturated carbocycles. The van der Waals surface area contributed by atoms with Crippen molar-refractivity contribution in [3.63, 3.8) is 0 Å². The molecule has 5 rings (SSSR count). The van der Waals surface area contributed by atoms with Gasteiger partial charge >= 0.3 is 0 Å². The molecule has 8 nitrogen and oxygen atoms in total. The van der Waals surface area contributed by atoms with Gasteiger partial charge in [0, 0.05) is 53.2 Å². The summed E-state index contributed by atoms with van der Waals surface area (Å²) in [6.45, 7) is 0. The number of pyridine rings is 1. The number of rotatable bonds is 7. The maximum atomic E-state index is 14.6. The first kappa shape index (κ1) is 30.3. The van der Waals surface area contributed by atoms with Crippen LogP contribution in [0.2, 0.25) is 10.0 Å². The minimum absolute atomic E-state index is 0.0243. The van der Waals surface area contributed by atoms with E-state index >= 15 is 0 Å². The molecule has 1 N–H and O–H groups in total. The molecule has 1 saturated heterocycles. The number of nitrogens with zero attached hydrogens (tertiary/aromatic N) is 4. The summed E-state index contributed by atoms with van der Waals surface area (Å²) in [6.07, 6.45) is -0.216. The molecule has 0 spiro atoms. The van der Waals surface area contributed by atoms with Gasteiger partial charge in [-0.05, 0) is 48.9 Å². The average Bonchev–Trinajstić information content (AvgIpc) is 3.32. The second kappa shape index (κ2) is 11.8. The monoisotopic (exact) mass is 633 g/mol. The number of nitrogens with one attached hydrogen (secondary N) is 1. The lowest BCUT2D eigenvalue weighted by Gasteiger charge is -2.39. The van der Waals surface area contributed by atoms with Crippen molar-refractivity contribution in [1.82, 2.24) is 10.3 Å². The SMILES string of the molecule is N#Cc1ccnc(N2C(=O)CCC2C(=O)N(c2cc(F)cc(F)c2)C(C(=O)NC2CC(F)(F)C2)c2cc(Cl)ccc2Cl)c1. The number of halogens is 6. The summed E-state index contributed by atoms with van der Waals surface area (Å²) >= 11 is 12.7. The number of hydrogen-bond acceptors (Lipinski definition) is 5. The molecule has 14 heteroatoms. The van der Waals surface area contributed by atoms with Crippen LogP contribution in [0.3, 0.4) is 0 Å². The van der Waals surface area contributed by atoms with Crippen LogP contribution in [0, 0.1) is 23.0 Å². The maximum Gasteiger partial charge on any atom is 0.252 e. The molecule has 3 amide bonds. The van der Waals surface area contributed by atoms with Crippen molar-refractivity contribution in [3.05, 3.63) is 87.5 Å². The van der Waals surface area contributed by atoms with E-state index < -0.39 is 71.9 Å². The Labute approximate surface area is 252 Å². The second-order valence-electron chi connectivity index (χ2n) is 10.2. The molecule has 2 unspecified atom stereocenters. The van der Waals surface area contributed by atoms with Gasteiger partial charge in [-0.25, -0.2) is 22.5 Å². The molecule has 2 atom stereocenters. The fraction of sp³-hybridized carbons (Fsp3) is 0.276. The Morgan fingerprint density at radius 2 is 1.79 bits per heavy atom. The van der Waals surface area contributed by atoms with Crippen molar-refractivity contribution in [3.8, 4) is 6.07 Å². The van der Waals surface area contributed by atoms with E-state index in [0.29, 0.717) is 6.07 Å². The smallest absolute Gasteiger partial charge is 0.252 e. The van der Waals surface area contributed by atoms with Crippen LogP contribution in [-0.4, -0.2) is 40.7 Å². The molecule has 2 heterocycles. The summed E-state index contributed by atoms with van der Waals surface area (Å²) in [7, 11) is 0. The van der Waals surface area contributed by atoms with Crippen LogP contribution in [0.25, 0.3) is 0 Å². The van der Waals surface area contributed by atoms with E-state index in [1.54, 1.807) is 0 Å². The van der Waals surface area contributed by atoms with Gasteiger partial charge in [0.2, 0.25) is 11.8 Å². The molecule has 1 aromatic heterocycles. The highest BCUT2D eigenvalue weighted by Crippen LogP contribution is 2.40. The van der Waals surface area contributed by atoms with Crippen molar-refractivity contribution >= 4 is 52.4 Å². The highest BCUT2D eigenvalue weighted by atomic mass is 35.5. The molecule has 2 fully saturated rings. The Balaban J connectivity index is 1.65. The van der Waals surface area contributed by atoms with Gasteiger partial charge in [-0.15, -0.1) is 0 Å². The topological polar surface area (TPSA) is 106 Å². The summed E-state index contributed by atoms with van der Waals surface area (Å²) in [5.41, 5.74) is -0.313. The van der Waals surface area contributed by atoms with E-state index in [9.17, 15) is 37.2 Å². The first-order valence-electron chi connectivity index (χ1n) is 13.0. The van der Waals surface area contributed by atoms with Gasteiger partial charge in [0.05, 0.1) is 17.3 Å². The highest BCUT2D eigenvalue weighted by Gasteiger charge is 2.48. The summed E-state index contributed by atoms with van der Waals surface area (Å²) in [5.74, 6) is -7.61. The number of carbonyl (C=O) groups is 3. The van der Waals surface area contributed by atoms with Crippen molar-refractivity contribution in [1.29, 1.82) is 5.26 Å². The Bertz CT molecular complexity index is 1640. The molecule has 3 aromatic rings. The molecule has 2 aliphatic rings. The lowest BCUT2D eigenvalue weighted by Crippen LogP contribution is -2.56. The molecule has 43 heavy (non-hydrogen) atoms. The highest BCUT2D eigenvalue weighted by molar-refractivity contribution is 6.34. The lowest BCUT2D eigenvalue weighted by atomic mass is 9.87.